The summed E-state index contributed by atoms with van der Waals surface area (Å²) in [4.78, 5) is 15.6. The van der Waals surface area contributed by atoms with Crippen LogP contribution in [-0.2, 0) is 13.1 Å². The van der Waals surface area contributed by atoms with Gasteiger partial charge in [-0.25, -0.2) is 9.48 Å². The molecule has 0 radical (unpaired) electrons. The number of fused-ring (bicyclic) bond motifs is 3. The van der Waals surface area contributed by atoms with Gasteiger partial charge in [0.2, 0.25) is 0 Å². The Morgan fingerprint density at radius 2 is 1.77 bits per heavy atom. The Balaban J connectivity index is 1.50. The minimum absolute atomic E-state index is 0.164. The molecule has 1 N–H and O–H groups in total. The van der Waals surface area contributed by atoms with Gasteiger partial charge in [-0.05, 0) is 48.9 Å². The van der Waals surface area contributed by atoms with E-state index in [0.717, 1.165) is 34.0 Å². The number of urea groups is 1. The Morgan fingerprint density at radius 1 is 1.00 bits per heavy atom. The molecule has 4 heterocycles. The lowest BCUT2D eigenvalue weighted by molar-refractivity contribution is 0.179. The van der Waals surface area contributed by atoms with Gasteiger partial charge in [-0.2, -0.15) is 5.10 Å². The van der Waals surface area contributed by atoms with Gasteiger partial charge in [0.15, 0.2) is 0 Å². The molecule has 0 fully saturated rings. The Labute approximate surface area is 203 Å². The van der Waals surface area contributed by atoms with Crippen molar-refractivity contribution >= 4 is 6.03 Å². The number of carbonyl (C=O) groups is 1. The molecule has 1 atom stereocenters. The first kappa shape index (κ1) is 21.0. The molecule has 5 aromatic rings. The van der Waals surface area contributed by atoms with Crippen LogP contribution in [0.4, 0.5) is 4.79 Å². The summed E-state index contributed by atoms with van der Waals surface area (Å²) in [5.74, 6) is 1.66. The van der Waals surface area contributed by atoms with E-state index < -0.39 is 0 Å². The number of amides is 2. The zero-order valence-electron chi connectivity index (χ0n) is 19.3. The number of hydrogen-bond acceptors (Lipinski definition) is 3. The summed E-state index contributed by atoms with van der Waals surface area (Å²) < 4.78 is 9.57. The third-order valence-corrected chi connectivity index (χ3v) is 6.46. The zero-order chi connectivity index (χ0) is 23.8. The summed E-state index contributed by atoms with van der Waals surface area (Å²) in [5.41, 5.74) is 4.92. The lowest BCUT2D eigenvalue weighted by atomic mass is 10.0. The predicted octanol–water partition coefficient (Wildman–Crippen LogP) is 5.38. The average molecular weight is 464 g/mol. The number of rotatable bonds is 4. The van der Waals surface area contributed by atoms with Gasteiger partial charge in [0, 0.05) is 11.8 Å². The molecule has 0 spiro atoms. The minimum Gasteiger partial charge on any atom is -0.467 e. The van der Waals surface area contributed by atoms with Crippen molar-refractivity contribution in [3.63, 3.8) is 0 Å². The van der Waals surface area contributed by atoms with Gasteiger partial charge in [-0.15, -0.1) is 0 Å². The van der Waals surface area contributed by atoms with E-state index in [2.05, 4.69) is 34.3 Å². The highest BCUT2D eigenvalue weighted by Crippen LogP contribution is 2.38. The SMILES string of the molecule is Cc1nn(-c2ccccc2)c2c1CN(C(=O)NCc1ccco1)[C@@H](c1ccccc1)c1cccn1-2. The lowest BCUT2D eigenvalue weighted by Gasteiger charge is -2.31. The largest absolute Gasteiger partial charge is 0.467 e. The average Bonchev–Trinajstić information content (AvgIpc) is 3.63. The highest BCUT2D eigenvalue weighted by atomic mass is 16.3. The fourth-order valence-electron chi connectivity index (χ4n) is 4.81. The smallest absolute Gasteiger partial charge is 0.318 e. The maximum absolute atomic E-state index is 13.7. The van der Waals surface area contributed by atoms with Crippen LogP contribution in [0.2, 0.25) is 0 Å². The minimum atomic E-state index is -0.279. The maximum atomic E-state index is 13.7. The van der Waals surface area contributed by atoms with Crippen molar-refractivity contribution in [2.75, 3.05) is 0 Å². The first-order valence-corrected chi connectivity index (χ1v) is 11.6. The molecular formula is C28H25N5O2. The number of nitrogens with one attached hydrogen (secondary N) is 1. The summed E-state index contributed by atoms with van der Waals surface area (Å²) >= 11 is 0. The lowest BCUT2D eigenvalue weighted by Crippen LogP contribution is -2.41. The van der Waals surface area contributed by atoms with Crippen molar-refractivity contribution in [2.45, 2.75) is 26.1 Å². The number of para-hydroxylation sites is 1. The molecule has 0 bridgehead atoms. The van der Waals surface area contributed by atoms with E-state index in [1.807, 2.05) is 83.2 Å². The van der Waals surface area contributed by atoms with Crippen LogP contribution in [0, 0.1) is 6.92 Å². The number of nitrogens with zero attached hydrogens (tertiary/aromatic N) is 4. The number of carbonyl (C=O) groups excluding carboxylic acids is 1. The summed E-state index contributed by atoms with van der Waals surface area (Å²) in [6.45, 7) is 2.74. The Bertz CT molecular complexity index is 1450. The predicted molar refractivity (Wildman–Crippen MR) is 132 cm³/mol. The van der Waals surface area contributed by atoms with Crippen LogP contribution in [0.3, 0.4) is 0 Å². The molecule has 3 aromatic heterocycles. The zero-order valence-corrected chi connectivity index (χ0v) is 19.3. The molecule has 1 aliphatic rings. The van der Waals surface area contributed by atoms with E-state index >= 15 is 0 Å². The Kier molecular flexibility index (Phi) is 5.22. The molecule has 35 heavy (non-hydrogen) atoms. The van der Waals surface area contributed by atoms with E-state index in [1.165, 1.54) is 0 Å². The van der Waals surface area contributed by atoms with Gasteiger partial charge in [-0.3, -0.25) is 0 Å². The topological polar surface area (TPSA) is 68.2 Å². The number of hydrogen-bond donors (Lipinski definition) is 1. The number of benzene rings is 2. The van der Waals surface area contributed by atoms with E-state index in [0.29, 0.717) is 18.8 Å². The summed E-state index contributed by atoms with van der Waals surface area (Å²) in [5, 5.41) is 7.93. The first-order chi connectivity index (χ1) is 17.2. The van der Waals surface area contributed by atoms with Crippen molar-refractivity contribution in [3.8, 4) is 11.5 Å². The highest BCUT2D eigenvalue weighted by Gasteiger charge is 2.35. The van der Waals surface area contributed by atoms with Crippen LogP contribution < -0.4 is 5.32 Å². The van der Waals surface area contributed by atoms with Gasteiger partial charge >= 0.3 is 6.03 Å². The molecule has 0 saturated heterocycles. The molecule has 174 valence electrons. The third kappa shape index (κ3) is 3.71. The Morgan fingerprint density at radius 3 is 2.51 bits per heavy atom. The van der Waals surface area contributed by atoms with Crippen LogP contribution in [0.15, 0.2) is 102 Å². The standard InChI is InChI=1S/C28H25N5O2/c1-20-24-19-32(28(34)29-18-23-14-9-17-35-23)26(21-10-4-2-5-11-21)25-15-8-16-31(25)27(24)33(30-20)22-12-6-3-7-13-22/h2-17,26H,18-19H2,1H3,(H,29,34)/t26-/m0/s1. The maximum Gasteiger partial charge on any atom is 0.318 e. The molecule has 7 nitrogen and oxygen atoms in total. The van der Waals surface area contributed by atoms with Crippen LogP contribution in [0.5, 0.6) is 0 Å². The van der Waals surface area contributed by atoms with E-state index in [9.17, 15) is 4.79 Å². The van der Waals surface area contributed by atoms with Crippen LogP contribution >= 0.6 is 0 Å². The molecule has 2 amide bonds. The summed E-state index contributed by atoms with van der Waals surface area (Å²) in [6, 6.07) is 27.6. The first-order valence-electron chi connectivity index (χ1n) is 11.6. The van der Waals surface area contributed by atoms with Crippen molar-refractivity contribution in [1.29, 1.82) is 0 Å². The molecule has 0 aliphatic carbocycles. The summed E-state index contributed by atoms with van der Waals surface area (Å²) in [6.07, 6.45) is 3.66. The second-order valence-corrected chi connectivity index (χ2v) is 8.62. The van der Waals surface area contributed by atoms with Gasteiger partial charge in [-0.1, -0.05) is 48.5 Å². The van der Waals surface area contributed by atoms with Crippen LogP contribution in [0.25, 0.3) is 11.5 Å². The summed E-state index contributed by atoms with van der Waals surface area (Å²) in [7, 11) is 0. The number of furan rings is 1. The molecular weight excluding hydrogens is 438 g/mol. The van der Waals surface area contributed by atoms with Crippen molar-refractivity contribution in [2.24, 2.45) is 0 Å². The second kappa shape index (κ2) is 8.68. The molecule has 0 unspecified atom stereocenters. The monoisotopic (exact) mass is 463 g/mol. The second-order valence-electron chi connectivity index (χ2n) is 8.62. The van der Waals surface area contributed by atoms with Crippen LogP contribution in [-0.4, -0.2) is 25.3 Å². The van der Waals surface area contributed by atoms with E-state index in [4.69, 9.17) is 9.52 Å². The molecule has 2 aromatic carbocycles. The van der Waals surface area contributed by atoms with Gasteiger partial charge in [0.1, 0.15) is 11.6 Å². The normalized spacial score (nSPS) is 14.8. The van der Waals surface area contributed by atoms with Gasteiger partial charge in [0.05, 0.1) is 42.5 Å². The van der Waals surface area contributed by atoms with E-state index in [-0.39, 0.29) is 12.1 Å². The molecule has 6 rings (SSSR count). The highest BCUT2D eigenvalue weighted by molar-refractivity contribution is 5.76. The van der Waals surface area contributed by atoms with Gasteiger partial charge < -0.3 is 19.2 Å². The fraction of sp³-hybridized carbons (Fsp3) is 0.143. The van der Waals surface area contributed by atoms with Crippen molar-refractivity contribution in [1.82, 2.24) is 24.6 Å². The molecule has 1 aliphatic heterocycles. The van der Waals surface area contributed by atoms with Crippen LogP contribution in [0.1, 0.15) is 34.3 Å². The number of aromatic nitrogens is 3. The fourth-order valence-corrected chi connectivity index (χ4v) is 4.81. The van der Waals surface area contributed by atoms with E-state index in [1.54, 1.807) is 6.26 Å². The van der Waals surface area contributed by atoms with Crippen molar-refractivity contribution < 1.29 is 9.21 Å². The molecule has 7 heteroatoms. The van der Waals surface area contributed by atoms with Crippen molar-refractivity contribution in [3.05, 3.63) is 126 Å². The Hall–Kier alpha value is -4.52. The molecule has 0 saturated carbocycles. The third-order valence-electron chi connectivity index (χ3n) is 6.46. The number of aryl methyl sites for hydroxylation is 1. The quantitative estimate of drug-likeness (QED) is 0.389. The van der Waals surface area contributed by atoms with Gasteiger partial charge in [0.25, 0.3) is 0 Å².